The van der Waals surface area contributed by atoms with E-state index in [1.165, 1.54) is 16.8 Å². The van der Waals surface area contributed by atoms with Crippen LogP contribution >= 0.6 is 0 Å². The van der Waals surface area contributed by atoms with Gasteiger partial charge in [0.2, 0.25) is 11.5 Å². The van der Waals surface area contributed by atoms with Crippen molar-refractivity contribution in [2.45, 2.75) is 6.92 Å². The molecule has 19 heavy (non-hydrogen) atoms. The monoisotopic (exact) mass is 260 g/mol. The topological polar surface area (TPSA) is 68.3 Å². The summed E-state index contributed by atoms with van der Waals surface area (Å²) in [6, 6.07) is 7.47. The van der Waals surface area contributed by atoms with Crippen molar-refractivity contribution in [2.24, 2.45) is 0 Å². The zero-order valence-electron chi connectivity index (χ0n) is 9.92. The molecule has 2 heterocycles. The predicted octanol–water partition coefficient (Wildman–Crippen LogP) is 2.76. The van der Waals surface area contributed by atoms with Gasteiger partial charge in [-0.2, -0.15) is 9.78 Å². The Labute approximate surface area is 106 Å². The molecule has 5 nitrogen and oxygen atoms in total. The number of halogens is 1. The number of rotatable bonds is 2. The number of hydrogen-bond acceptors (Lipinski definition) is 3. The minimum atomic E-state index is -1.17. The van der Waals surface area contributed by atoms with E-state index < -0.39 is 11.8 Å². The molecule has 0 amide bonds. The zero-order valence-corrected chi connectivity index (χ0v) is 9.92. The van der Waals surface area contributed by atoms with Gasteiger partial charge in [-0.1, -0.05) is 12.1 Å². The Balaban J connectivity index is 2.30. The predicted molar refractivity (Wildman–Crippen MR) is 65.0 cm³/mol. The summed E-state index contributed by atoms with van der Waals surface area (Å²) in [5.41, 5.74) is 1.02. The van der Waals surface area contributed by atoms with Gasteiger partial charge in [-0.3, -0.25) is 0 Å². The van der Waals surface area contributed by atoms with Crippen LogP contribution < -0.4 is 0 Å². The summed E-state index contributed by atoms with van der Waals surface area (Å²) >= 11 is 0. The normalized spacial score (nSPS) is 11.1. The lowest BCUT2D eigenvalue weighted by atomic mass is 10.3. The van der Waals surface area contributed by atoms with E-state index in [9.17, 15) is 9.18 Å². The maximum atomic E-state index is 13.8. The molecule has 0 fully saturated rings. The Hall–Kier alpha value is -2.63. The molecule has 96 valence electrons. The summed E-state index contributed by atoms with van der Waals surface area (Å²) in [5.74, 6) is -1.82. The van der Waals surface area contributed by atoms with E-state index in [-0.39, 0.29) is 17.2 Å². The number of fused-ring (bicyclic) bond motifs is 1. The number of para-hydroxylation sites is 1. The van der Waals surface area contributed by atoms with E-state index in [1.54, 1.807) is 25.1 Å². The first-order valence-corrected chi connectivity index (χ1v) is 5.55. The summed E-state index contributed by atoms with van der Waals surface area (Å²) in [6.45, 7) is 1.71. The molecule has 0 unspecified atom stereocenters. The van der Waals surface area contributed by atoms with Gasteiger partial charge in [0.1, 0.15) is 11.5 Å². The molecule has 3 rings (SSSR count). The minimum absolute atomic E-state index is 0.194. The van der Waals surface area contributed by atoms with Crippen LogP contribution in [0.4, 0.5) is 4.39 Å². The number of aromatic nitrogens is 2. The highest BCUT2D eigenvalue weighted by Crippen LogP contribution is 2.26. The lowest BCUT2D eigenvalue weighted by Crippen LogP contribution is -2.00. The van der Waals surface area contributed by atoms with Crippen molar-refractivity contribution < 1.29 is 18.7 Å². The smallest absolute Gasteiger partial charge is 0.371 e. The molecule has 0 aliphatic heterocycles. The molecule has 1 aromatic carbocycles. The number of benzene rings is 1. The second-order valence-corrected chi connectivity index (χ2v) is 4.08. The molecule has 0 atom stereocenters. The zero-order chi connectivity index (χ0) is 13.6. The minimum Gasteiger partial charge on any atom is -0.475 e. The molecule has 0 saturated carbocycles. The van der Waals surface area contributed by atoms with Crippen LogP contribution in [-0.4, -0.2) is 20.9 Å². The number of nitrogens with zero attached hydrogens (tertiary/aromatic N) is 2. The highest BCUT2D eigenvalue weighted by molar-refractivity contribution is 5.91. The molecule has 1 N–H and O–H groups in total. The standard InChI is InChI=1S/C13H9FN2O3/c1-7-8-6-11(13(17)18)19-12(8)16(15-7)10-5-3-2-4-9(10)14/h2-6H,1H3,(H,17,18). The van der Waals surface area contributed by atoms with Crippen molar-refractivity contribution >= 4 is 17.1 Å². The Morgan fingerprint density at radius 2 is 2.16 bits per heavy atom. The lowest BCUT2D eigenvalue weighted by molar-refractivity contribution is 0.0664. The fraction of sp³-hybridized carbons (Fsp3) is 0.0769. The summed E-state index contributed by atoms with van der Waals surface area (Å²) in [6.07, 6.45) is 0. The van der Waals surface area contributed by atoms with E-state index >= 15 is 0 Å². The third kappa shape index (κ3) is 1.69. The Morgan fingerprint density at radius 1 is 1.42 bits per heavy atom. The molecule has 0 aliphatic rings. The van der Waals surface area contributed by atoms with E-state index in [4.69, 9.17) is 9.52 Å². The van der Waals surface area contributed by atoms with Crippen LogP contribution in [-0.2, 0) is 0 Å². The van der Waals surface area contributed by atoms with E-state index in [0.717, 1.165) is 0 Å². The van der Waals surface area contributed by atoms with Crippen molar-refractivity contribution in [3.63, 3.8) is 0 Å². The van der Waals surface area contributed by atoms with Gasteiger partial charge in [-0.25, -0.2) is 9.18 Å². The average molecular weight is 260 g/mol. The summed E-state index contributed by atoms with van der Waals surface area (Å²) < 4.78 is 20.3. The van der Waals surface area contributed by atoms with Gasteiger partial charge in [0, 0.05) is 6.07 Å². The SMILES string of the molecule is Cc1nn(-c2ccccc2F)c2oc(C(=O)O)cc12. The van der Waals surface area contributed by atoms with Gasteiger partial charge in [-0.05, 0) is 19.1 Å². The molecule has 0 spiro atoms. The van der Waals surface area contributed by atoms with Crippen molar-refractivity contribution in [3.8, 4) is 5.69 Å². The van der Waals surface area contributed by atoms with Gasteiger partial charge in [0.15, 0.2) is 0 Å². The summed E-state index contributed by atoms with van der Waals surface area (Å²) in [7, 11) is 0. The quantitative estimate of drug-likeness (QED) is 0.769. The maximum Gasteiger partial charge on any atom is 0.371 e. The van der Waals surface area contributed by atoms with Gasteiger partial charge >= 0.3 is 5.97 Å². The van der Waals surface area contributed by atoms with Crippen LogP contribution in [0.2, 0.25) is 0 Å². The molecule has 0 saturated heterocycles. The summed E-state index contributed by atoms with van der Waals surface area (Å²) in [5, 5.41) is 13.6. The first-order chi connectivity index (χ1) is 9.08. The van der Waals surface area contributed by atoms with Crippen molar-refractivity contribution in [1.29, 1.82) is 0 Å². The Kier molecular flexibility index (Phi) is 2.38. The molecule has 2 aromatic heterocycles. The first-order valence-electron chi connectivity index (χ1n) is 5.55. The molecule has 0 radical (unpaired) electrons. The Morgan fingerprint density at radius 3 is 2.84 bits per heavy atom. The number of furan rings is 1. The number of carboxylic acid groups (broad SMARTS) is 1. The molecular formula is C13H9FN2O3. The van der Waals surface area contributed by atoms with Crippen molar-refractivity contribution in [2.75, 3.05) is 0 Å². The second-order valence-electron chi connectivity index (χ2n) is 4.08. The highest BCUT2D eigenvalue weighted by atomic mass is 19.1. The number of carbonyl (C=O) groups is 1. The van der Waals surface area contributed by atoms with Crippen LogP contribution in [0.25, 0.3) is 16.8 Å². The Bertz CT molecular complexity index is 788. The van der Waals surface area contributed by atoms with Gasteiger partial charge < -0.3 is 9.52 Å². The number of carboxylic acids is 1. The summed E-state index contributed by atoms with van der Waals surface area (Å²) in [4.78, 5) is 10.9. The molecule has 3 aromatic rings. The molecule has 6 heteroatoms. The third-order valence-corrected chi connectivity index (χ3v) is 2.84. The van der Waals surface area contributed by atoms with Gasteiger partial charge in [0.05, 0.1) is 11.1 Å². The highest BCUT2D eigenvalue weighted by Gasteiger charge is 2.19. The average Bonchev–Trinajstić information content (AvgIpc) is 2.92. The molecule has 0 aliphatic carbocycles. The van der Waals surface area contributed by atoms with E-state index in [1.807, 2.05) is 0 Å². The van der Waals surface area contributed by atoms with E-state index in [0.29, 0.717) is 11.1 Å². The van der Waals surface area contributed by atoms with E-state index in [2.05, 4.69) is 5.10 Å². The number of aryl methyl sites for hydroxylation is 1. The molecule has 0 bridgehead atoms. The van der Waals surface area contributed by atoms with Crippen LogP contribution in [0.3, 0.4) is 0 Å². The maximum absolute atomic E-state index is 13.8. The number of hydrogen-bond donors (Lipinski definition) is 1. The van der Waals surface area contributed by atoms with Crippen LogP contribution in [0.1, 0.15) is 16.2 Å². The van der Waals surface area contributed by atoms with Crippen LogP contribution in [0.15, 0.2) is 34.7 Å². The third-order valence-electron chi connectivity index (χ3n) is 2.84. The largest absolute Gasteiger partial charge is 0.475 e. The van der Waals surface area contributed by atoms with Gasteiger partial charge in [-0.15, -0.1) is 0 Å². The lowest BCUT2D eigenvalue weighted by Gasteiger charge is -2.02. The van der Waals surface area contributed by atoms with Gasteiger partial charge in [0.25, 0.3) is 0 Å². The first kappa shape index (κ1) is 11.5. The van der Waals surface area contributed by atoms with Crippen LogP contribution in [0.5, 0.6) is 0 Å². The second kappa shape index (κ2) is 3.94. The fourth-order valence-corrected chi connectivity index (χ4v) is 1.94. The molecular weight excluding hydrogens is 251 g/mol. The fourth-order valence-electron chi connectivity index (χ4n) is 1.94. The van der Waals surface area contributed by atoms with Crippen molar-refractivity contribution in [3.05, 3.63) is 47.6 Å². The van der Waals surface area contributed by atoms with Crippen molar-refractivity contribution in [1.82, 2.24) is 9.78 Å². The number of aromatic carboxylic acids is 1. The van der Waals surface area contributed by atoms with Crippen LogP contribution in [0, 0.1) is 12.7 Å².